The molecule has 0 saturated heterocycles. The van der Waals surface area contributed by atoms with E-state index in [0.717, 1.165) is 0 Å². The monoisotopic (exact) mass is 308 g/mol. The summed E-state index contributed by atoms with van der Waals surface area (Å²) < 4.78 is 23.0. The summed E-state index contributed by atoms with van der Waals surface area (Å²) >= 11 is 0. The average Bonchev–Trinajstić information content (AvgIpc) is 2.37. The van der Waals surface area contributed by atoms with Crippen LogP contribution >= 0.6 is 0 Å². The predicted molar refractivity (Wildman–Crippen MR) is 82.6 cm³/mol. The van der Waals surface area contributed by atoms with E-state index in [-0.39, 0.29) is 24.5 Å². The largest absolute Gasteiger partial charge is 0.325 e. The summed E-state index contributed by atoms with van der Waals surface area (Å²) in [5.74, 6) is -0.314. The van der Waals surface area contributed by atoms with Gasteiger partial charge in [0.2, 0.25) is 5.91 Å². The van der Waals surface area contributed by atoms with Gasteiger partial charge in [-0.3, -0.25) is 4.79 Å². The molecule has 1 N–H and O–H groups in total. The third-order valence-corrected chi connectivity index (χ3v) is 5.76. The maximum Gasteiger partial charge on any atom is 0.224 e. The summed E-state index contributed by atoms with van der Waals surface area (Å²) in [5, 5.41) is 11.6. The van der Waals surface area contributed by atoms with Crippen LogP contribution in [0, 0.1) is 11.3 Å². The van der Waals surface area contributed by atoms with Gasteiger partial charge < -0.3 is 5.32 Å². The second kappa shape index (κ2) is 6.72. The molecular weight excluding hydrogens is 288 g/mol. The van der Waals surface area contributed by atoms with E-state index in [1.165, 1.54) is 0 Å². The molecule has 0 atom stereocenters. The first-order valence-electron chi connectivity index (χ1n) is 6.68. The van der Waals surface area contributed by atoms with Crippen LogP contribution < -0.4 is 5.32 Å². The van der Waals surface area contributed by atoms with E-state index in [9.17, 15) is 13.2 Å². The SMILES string of the molecule is CC(C)(C)S(=O)(=O)CCCC(=O)Nc1ccccc1C#N. The summed E-state index contributed by atoms with van der Waals surface area (Å²) in [7, 11) is -3.21. The molecule has 0 radical (unpaired) electrons. The minimum Gasteiger partial charge on any atom is -0.325 e. The van der Waals surface area contributed by atoms with Gasteiger partial charge >= 0.3 is 0 Å². The molecule has 0 spiro atoms. The smallest absolute Gasteiger partial charge is 0.224 e. The topological polar surface area (TPSA) is 87.0 Å². The number of nitriles is 1. The molecule has 1 aromatic rings. The zero-order valence-electron chi connectivity index (χ0n) is 12.5. The minimum absolute atomic E-state index is 0.0240. The summed E-state index contributed by atoms with van der Waals surface area (Å²) in [5.41, 5.74) is 0.830. The van der Waals surface area contributed by atoms with Crippen LogP contribution in [0.2, 0.25) is 0 Å². The number of hydrogen-bond acceptors (Lipinski definition) is 4. The fourth-order valence-corrected chi connectivity index (χ4v) is 2.77. The number of amides is 1. The number of para-hydroxylation sites is 1. The molecule has 1 amide bonds. The number of nitrogens with one attached hydrogen (secondary N) is 1. The van der Waals surface area contributed by atoms with Crippen molar-refractivity contribution in [2.24, 2.45) is 0 Å². The fourth-order valence-electron chi connectivity index (χ4n) is 1.63. The van der Waals surface area contributed by atoms with Crippen LogP contribution in [0.15, 0.2) is 24.3 Å². The Hall–Kier alpha value is -1.87. The molecule has 5 nitrogen and oxygen atoms in total. The lowest BCUT2D eigenvalue weighted by molar-refractivity contribution is -0.116. The first-order chi connectivity index (χ1) is 9.67. The van der Waals surface area contributed by atoms with Gasteiger partial charge in [-0.25, -0.2) is 8.42 Å². The molecule has 0 saturated carbocycles. The predicted octanol–water partition coefficient (Wildman–Crippen LogP) is 2.49. The van der Waals surface area contributed by atoms with E-state index >= 15 is 0 Å². The van der Waals surface area contributed by atoms with Gasteiger partial charge in [-0.15, -0.1) is 0 Å². The van der Waals surface area contributed by atoms with Crippen molar-refractivity contribution in [3.8, 4) is 6.07 Å². The van der Waals surface area contributed by atoms with Crippen LogP contribution in [-0.4, -0.2) is 24.8 Å². The second-order valence-corrected chi connectivity index (χ2v) is 8.60. The lowest BCUT2D eigenvalue weighted by Crippen LogP contribution is -2.30. The molecule has 0 fully saturated rings. The quantitative estimate of drug-likeness (QED) is 0.905. The van der Waals surface area contributed by atoms with E-state index in [1.807, 2.05) is 6.07 Å². The molecule has 0 heterocycles. The second-order valence-electron chi connectivity index (χ2n) is 5.74. The van der Waals surface area contributed by atoms with Crippen molar-refractivity contribution in [3.05, 3.63) is 29.8 Å². The van der Waals surface area contributed by atoms with E-state index in [2.05, 4.69) is 5.32 Å². The highest BCUT2D eigenvalue weighted by Gasteiger charge is 2.28. The fraction of sp³-hybridized carbons (Fsp3) is 0.467. The zero-order valence-corrected chi connectivity index (χ0v) is 13.3. The van der Waals surface area contributed by atoms with Crippen LogP contribution in [0.25, 0.3) is 0 Å². The zero-order chi connectivity index (χ0) is 16.1. The van der Waals surface area contributed by atoms with Crippen molar-refractivity contribution < 1.29 is 13.2 Å². The van der Waals surface area contributed by atoms with Crippen molar-refractivity contribution >= 4 is 21.4 Å². The first-order valence-corrected chi connectivity index (χ1v) is 8.34. The molecule has 0 bridgehead atoms. The standard InChI is InChI=1S/C15H20N2O3S/c1-15(2,3)21(19,20)10-6-9-14(18)17-13-8-5-4-7-12(13)11-16/h4-5,7-8H,6,9-10H2,1-3H3,(H,17,18). The highest BCUT2D eigenvalue weighted by molar-refractivity contribution is 7.92. The van der Waals surface area contributed by atoms with E-state index in [4.69, 9.17) is 5.26 Å². The number of sulfone groups is 1. The Bertz CT molecular complexity index is 652. The van der Waals surface area contributed by atoms with Crippen molar-refractivity contribution in [2.45, 2.75) is 38.4 Å². The number of rotatable bonds is 5. The molecular formula is C15H20N2O3S. The van der Waals surface area contributed by atoms with Gasteiger partial charge in [0.1, 0.15) is 6.07 Å². The van der Waals surface area contributed by atoms with Crippen LogP contribution in [0.5, 0.6) is 0 Å². The third-order valence-electron chi connectivity index (χ3n) is 3.07. The van der Waals surface area contributed by atoms with Crippen LogP contribution in [-0.2, 0) is 14.6 Å². The van der Waals surface area contributed by atoms with Crippen molar-refractivity contribution in [1.29, 1.82) is 5.26 Å². The minimum atomic E-state index is -3.21. The summed E-state index contributed by atoms with van der Waals surface area (Å²) in [4.78, 5) is 11.8. The summed E-state index contributed by atoms with van der Waals surface area (Å²) in [6.07, 6.45) is 0.370. The number of benzene rings is 1. The number of carbonyl (C=O) groups excluding carboxylic acids is 1. The van der Waals surface area contributed by atoms with Gasteiger partial charge in [0.05, 0.1) is 21.8 Å². The van der Waals surface area contributed by atoms with Crippen molar-refractivity contribution in [3.63, 3.8) is 0 Å². The Balaban J connectivity index is 2.55. The molecule has 6 heteroatoms. The molecule has 1 rings (SSSR count). The number of carbonyl (C=O) groups is 1. The lowest BCUT2D eigenvalue weighted by Gasteiger charge is -2.18. The maximum atomic E-state index is 11.9. The molecule has 0 aromatic heterocycles. The highest BCUT2D eigenvalue weighted by atomic mass is 32.2. The Morgan fingerprint density at radius 3 is 2.48 bits per heavy atom. The Kier molecular flexibility index (Phi) is 5.50. The highest BCUT2D eigenvalue weighted by Crippen LogP contribution is 2.18. The maximum absolute atomic E-state index is 11.9. The van der Waals surface area contributed by atoms with Gasteiger partial charge in [-0.1, -0.05) is 12.1 Å². The average molecular weight is 308 g/mol. The molecule has 114 valence electrons. The normalized spacial score (nSPS) is 11.7. The van der Waals surface area contributed by atoms with Crippen LogP contribution in [0.4, 0.5) is 5.69 Å². The molecule has 0 unspecified atom stereocenters. The summed E-state index contributed by atoms with van der Waals surface area (Å²) in [6.45, 7) is 4.93. The van der Waals surface area contributed by atoms with E-state index in [0.29, 0.717) is 11.3 Å². The third kappa shape index (κ3) is 4.87. The lowest BCUT2D eigenvalue weighted by atomic mass is 10.2. The first kappa shape index (κ1) is 17.2. The van der Waals surface area contributed by atoms with Gasteiger partial charge in [-0.05, 0) is 39.3 Å². The molecule has 0 aliphatic heterocycles. The molecule has 0 aliphatic carbocycles. The number of hydrogen-bond donors (Lipinski definition) is 1. The van der Waals surface area contributed by atoms with E-state index in [1.54, 1.807) is 45.0 Å². The van der Waals surface area contributed by atoms with Crippen molar-refractivity contribution in [1.82, 2.24) is 0 Å². The number of anilines is 1. The van der Waals surface area contributed by atoms with Crippen molar-refractivity contribution in [2.75, 3.05) is 11.1 Å². The van der Waals surface area contributed by atoms with Crippen LogP contribution in [0.3, 0.4) is 0 Å². The molecule has 21 heavy (non-hydrogen) atoms. The van der Waals surface area contributed by atoms with Gasteiger partial charge in [0, 0.05) is 6.42 Å². The van der Waals surface area contributed by atoms with Gasteiger partial charge in [0.25, 0.3) is 0 Å². The Morgan fingerprint density at radius 1 is 1.29 bits per heavy atom. The van der Waals surface area contributed by atoms with Gasteiger partial charge in [0.15, 0.2) is 9.84 Å². The molecule has 0 aliphatic rings. The summed E-state index contributed by atoms with van der Waals surface area (Å²) in [6, 6.07) is 8.68. The Labute approximate surface area is 125 Å². The van der Waals surface area contributed by atoms with Gasteiger partial charge in [-0.2, -0.15) is 5.26 Å². The molecule has 1 aromatic carbocycles. The number of nitrogens with zero attached hydrogens (tertiary/aromatic N) is 1. The van der Waals surface area contributed by atoms with E-state index < -0.39 is 14.6 Å². The Morgan fingerprint density at radius 2 is 1.90 bits per heavy atom. The van der Waals surface area contributed by atoms with Crippen LogP contribution in [0.1, 0.15) is 39.2 Å².